The van der Waals surface area contributed by atoms with Gasteiger partial charge < -0.3 is 4.90 Å². The van der Waals surface area contributed by atoms with Crippen molar-refractivity contribution in [2.45, 2.75) is 43.9 Å². The number of rotatable bonds is 4. The second kappa shape index (κ2) is 6.61. The predicted molar refractivity (Wildman–Crippen MR) is 88.6 cm³/mol. The highest BCUT2D eigenvalue weighted by Crippen LogP contribution is 2.25. The summed E-state index contributed by atoms with van der Waals surface area (Å²) in [4.78, 5) is 13.5. The fraction of sp³-hybridized carbons (Fsp3) is 0.588. The maximum atomic E-state index is 12.5. The van der Waals surface area contributed by atoms with E-state index in [0.29, 0.717) is 17.4 Å². The number of amides is 1. The molecule has 0 unspecified atom stereocenters. The molecule has 23 heavy (non-hydrogen) atoms. The molecule has 6 heteroatoms. The lowest BCUT2D eigenvalue weighted by Gasteiger charge is -2.31. The number of hydrogen-bond donors (Lipinski definition) is 1. The lowest BCUT2D eigenvalue weighted by molar-refractivity contribution is -0.130. The largest absolute Gasteiger partial charge is 0.343 e. The Morgan fingerprint density at radius 3 is 2.61 bits per heavy atom. The van der Waals surface area contributed by atoms with Crippen molar-refractivity contribution in [1.82, 2.24) is 9.62 Å². The second-order valence-corrected chi connectivity index (χ2v) is 8.35. The van der Waals surface area contributed by atoms with Crippen molar-refractivity contribution in [3.63, 3.8) is 0 Å². The Kier molecular flexibility index (Phi) is 4.73. The van der Waals surface area contributed by atoms with E-state index in [4.69, 9.17) is 0 Å². The van der Waals surface area contributed by atoms with Crippen LogP contribution in [0, 0.1) is 5.92 Å². The molecule has 1 aliphatic carbocycles. The monoisotopic (exact) mass is 336 g/mol. The van der Waals surface area contributed by atoms with Crippen molar-refractivity contribution in [2.75, 3.05) is 19.6 Å². The van der Waals surface area contributed by atoms with Gasteiger partial charge in [-0.25, -0.2) is 13.1 Å². The van der Waals surface area contributed by atoms with Crippen LogP contribution in [0.25, 0.3) is 0 Å². The molecule has 1 amide bonds. The number of nitrogens with zero attached hydrogens (tertiary/aromatic N) is 1. The summed E-state index contributed by atoms with van der Waals surface area (Å²) in [5, 5.41) is 0. The van der Waals surface area contributed by atoms with E-state index < -0.39 is 10.0 Å². The van der Waals surface area contributed by atoms with Gasteiger partial charge >= 0.3 is 0 Å². The molecule has 1 aromatic rings. The second-order valence-electron chi connectivity index (χ2n) is 6.59. The molecule has 1 saturated heterocycles. The van der Waals surface area contributed by atoms with Gasteiger partial charge in [-0.2, -0.15) is 0 Å². The van der Waals surface area contributed by atoms with Crippen LogP contribution < -0.4 is 4.72 Å². The minimum Gasteiger partial charge on any atom is -0.343 e. The third-order valence-corrected chi connectivity index (χ3v) is 6.42. The van der Waals surface area contributed by atoms with E-state index in [0.717, 1.165) is 45.2 Å². The van der Waals surface area contributed by atoms with Crippen LogP contribution in [0.4, 0.5) is 0 Å². The number of hydrogen-bond acceptors (Lipinski definition) is 3. The van der Waals surface area contributed by atoms with Gasteiger partial charge in [0.25, 0.3) is 0 Å². The minimum absolute atomic E-state index is 0.0992. The van der Waals surface area contributed by atoms with Gasteiger partial charge in [-0.3, -0.25) is 4.79 Å². The number of aryl methyl sites for hydroxylation is 2. The molecular formula is C17H24N2O3S. The molecule has 0 spiro atoms. The Labute approximate surface area is 138 Å². The molecule has 1 aliphatic heterocycles. The average Bonchev–Trinajstić information content (AvgIpc) is 3.01. The molecular weight excluding hydrogens is 312 g/mol. The van der Waals surface area contributed by atoms with E-state index in [1.165, 1.54) is 11.1 Å². The summed E-state index contributed by atoms with van der Waals surface area (Å²) in [6, 6.07) is 5.48. The summed E-state index contributed by atoms with van der Waals surface area (Å²) < 4.78 is 27.7. The summed E-state index contributed by atoms with van der Waals surface area (Å²) in [7, 11) is -3.44. The van der Waals surface area contributed by atoms with Gasteiger partial charge in [0.15, 0.2) is 0 Å². The minimum atomic E-state index is -3.44. The molecule has 0 atom stereocenters. The van der Waals surface area contributed by atoms with Gasteiger partial charge in [0.2, 0.25) is 15.9 Å². The Bertz CT molecular complexity index is 692. The first-order chi connectivity index (χ1) is 11.0. The van der Waals surface area contributed by atoms with Crippen molar-refractivity contribution in [3.8, 4) is 0 Å². The van der Waals surface area contributed by atoms with Crippen LogP contribution in [0.15, 0.2) is 23.1 Å². The molecule has 126 valence electrons. The Balaban J connectivity index is 1.58. The predicted octanol–water partition coefficient (Wildman–Crippen LogP) is 1.71. The van der Waals surface area contributed by atoms with Crippen molar-refractivity contribution in [1.29, 1.82) is 0 Å². The Hall–Kier alpha value is -1.40. The summed E-state index contributed by atoms with van der Waals surface area (Å²) >= 11 is 0. The van der Waals surface area contributed by atoms with Gasteiger partial charge in [0.1, 0.15) is 0 Å². The number of benzene rings is 1. The number of sulfonamides is 1. The highest BCUT2D eigenvalue weighted by molar-refractivity contribution is 7.89. The lowest BCUT2D eigenvalue weighted by atomic mass is 9.97. The summed E-state index contributed by atoms with van der Waals surface area (Å²) in [5.41, 5.74) is 2.45. The summed E-state index contributed by atoms with van der Waals surface area (Å²) in [6.07, 6.45) is 4.85. The SMILES string of the molecule is CC(=O)N1CCC(CNS(=O)(=O)c2ccc3c(c2)CCC3)CC1. The normalized spacial score (nSPS) is 18.9. The van der Waals surface area contributed by atoms with E-state index in [-0.39, 0.29) is 5.91 Å². The topological polar surface area (TPSA) is 66.5 Å². The molecule has 1 fully saturated rings. The molecule has 2 aliphatic rings. The van der Waals surface area contributed by atoms with E-state index >= 15 is 0 Å². The summed E-state index contributed by atoms with van der Waals surface area (Å²) in [6.45, 7) is 3.48. The van der Waals surface area contributed by atoms with E-state index in [1.54, 1.807) is 13.0 Å². The molecule has 1 heterocycles. The van der Waals surface area contributed by atoms with Crippen molar-refractivity contribution < 1.29 is 13.2 Å². The fourth-order valence-corrected chi connectivity index (χ4v) is 4.64. The molecule has 1 aromatic carbocycles. The van der Waals surface area contributed by atoms with E-state index in [9.17, 15) is 13.2 Å². The van der Waals surface area contributed by atoms with Gasteiger partial charge in [-0.15, -0.1) is 0 Å². The molecule has 0 bridgehead atoms. The third-order valence-electron chi connectivity index (χ3n) is 5.00. The van der Waals surface area contributed by atoms with Crippen molar-refractivity contribution in [3.05, 3.63) is 29.3 Å². The molecule has 1 N–H and O–H groups in total. The number of nitrogens with one attached hydrogen (secondary N) is 1. The molecule has 0 aromatic heterocycles. The standard InChI is InChI=1S/C17H24N2O3S/c1-13(20)19-9-7-14(8-10-19)12-18-23(21,22)17-6-5-15-3-2-4-16(15)11-17/h5-6,11,14,18H,2-4,7-10,12H2,1H3. The smallest absolute Gasteiger partial charge is 0.240 e. The van der Waals surface area contributed by atoms with Gasteiger partial charge in [-0.05, 0) is 61.3 Å². The zero-order valence-electron chi connectivity index (χ0n) is 13.5. The first-order valence-corrected chi connectivity index (χ1v) is 9.81. The van der Waals surface area contributed by atoms with Crippen LogP contribution in [0.3, 0.4) is 0 Å². The van der Waals surface area contributed by atoms with Gasteiger partial charge in [0.05, 0.1) is 4.90 Å². The van der Waals surface area contributed by atoms with Gasteiger partial charge in [-0.1, -0.05) is 6.07 Å². The van der Waals surface area contributed by atoms with Crippen LogP contribution in [0.5, 0.6) is 0 Å². The Morgan fingerprint density at radius 1 is 1.22 bits per heavy atom. The van der Waals surface area contributed by atoms with E-state index in [1.807, 2.05) is 17.0 Å². The average molecular weight is 336 g/mol. The maximum Gasteiger partial charge on any atom is 0.240 e. The maximum absolute atomic E-state index is 12.5. The summed E-state index contributed by atoms with van der Waals surface area (Å²) in [5.74, 6) is 0.400. The quantitative estimate of drug-likeness (QED) is 0.910. The zero-order valence-corrected chi connectivity index (χ0v) is 14.4. The third kappa shape index (κ3) is 3.75. The lowest BCUT2D eigenvalue weighted by Crippen LogP contribution is -2.40. The zero-order chi connectivity index (χ0) is 16.4. The van der Waals surface area contributed by atoms with Crippen molar-refractivity contribution >= 4 is 15.9 Å². The van der Waals surface area contributed by atoms with Crippen molar-refractivity contribution in [2.24, 2.45) is 5.92 Å². The van der Waals surface area contributed by atoms with Crippen LogP contribution in [-0.2, 0) is 27.7 Å². The highest BCUT2D eigenvalue weighted by Gasteiger charge is 2.23. The highest BCUT2D eigenvalue weighted by atomic mass is 32.2. The number of piperidine rings is 1. The van der Waals surface area contributed by atoms with E-state index in [2.05, 4.69) is 4.72 Å². The first kappa shape index (κ1) is 16.5. The first-order valence-electron chi connectivity index (χ1n) is 8.33. The molecule has 3 rings (SSSR count). The van der Waals surface area contributed by atoms with Crippen LogP contribution in [-0.4, -0.2) is 38.9 Å². The molecule has 5 nitrogen and oxygen atoms in total. The fourth-order valence-electron chi connectivity index (χ4n) is 3.48. The molecule has 0 radical (unpaired) electrons. The number of carbonyl (C=O) groups is 1. The Morgan fingerprint density at radius 2 is 1.91 bits per heavy atom. The number of likely N-dealkylation sites (tertiary alicyclic amines) is 1. The van der Waals surface area contributed by atoms with Crippen LogP contribution >= 0.6 is 0 Å². The van der Waals surface area contributed by atoms with Crippen LogP contribution in [0.2, 0.25) is 0 Å². The number of fused-ring (bicyclic) bond motifs is 1. The van der Waals surface area contributed by atoms with Crippen LogP contribution in [0.1, 0.15) is 37.3 Å². The molecule has 0 saturated carbocycles. The van der Waals surface area contributed by atoms with Gasteiger partial charge in [0, 0.05) is 26.6 Å². The number of carbonyl (C=O) groups excluding carboxylic acids is 1.